The first kappa shape index (κ1) is 20.0. The van der Waals surface area contributed by atoms with Gasteiger partial charge in [0.2, 0.25) is 15.0 Å². The first-order chi connectivity index (χ1) is 13.1. The Morgan fingerprint density at radius 2 is 1.82 bits per heavy atom. The minimum Gasteiger partial charge on any atom is -0.495 e. The molecule has 0 aliphatic carbocycles. The highest BCUT2D eigenvalue weighted by Crippen LogP contribution is 2.41. The number of aryl methyl sites for hydroxylation is 1. The van der Waals surface area contributed by atoms with Gasteiger partial charge in [-0.3, -0.25) is 9.36 Å². The van der Waals surface area contributed by atoms with Crippen LogP contribution in [0.2, 0.25) is 5.02 Å². The number of hydrogen-bond donors (Lipinski definition) is 0. The molecular weight excluding hydrogens is 413 g/mol. The maximum atomic E-state index is 14.9. The van der Waals surface area contributed by atoms with Crippen molar-refractivity contribution in [3.05, 3.63) is 39.5 Å². The monoisotopic (exact) mass is 427 g/mol. The van der Waals surface area contributed by atoms with Crippen molar-refractivity contribution in [3.8, 4) is 22.6 Å². The predicted molar refractivity (Wildman–Crippen MR) is 101 cm³/mol. The molecule has 0 saturated carbocycles. The maximum absolute atomic E-state index is 14.9. The molecule has 2 heterocycles. The summed E-state index contributed by atoms with van der Waals surface area (Å²) in [5.74, 6) is -0.860. The lowest BCUT2D eigenvalue weighted by Crippen LogP contribution is -2.21. The van der Waals surface area contributed by atoms with Crippen LogP contribution in [0.1, 0.15) is 0 Å². The summed E-state index contributed by atoms with van der Waals surface area (Å²) in [5.41, 5.74) is -0.838. The molecule has 8 nitrogen and oxygen atoms in total. The molecule has 3 rings (SSSR count). The largest absolute Gasteiger partial charge is 0.495 e. The number of aromatic nitrogens is 3. The van der Waals surface area contributed by atoms with Crippen LogP contribution in [0.3, 0.4) is 0 Å². The highest BCUT2D eigenvalue weighted by atomic mass is 35.5. The summed E-state index contributed by atoms with van der Waals surface area (Å²) in [5, 5.41) is -0.206. The van der Waals surface area contributed by atoms with Gasteiger partial charge in [-0.2, -0.15) is 4.98 Å². The van der Waals surface area contributed by atoms with E-state index < -0.39 is 26.4 Å². The molecule has 2 aromatic heterocycles. The zero-order valence-corrected chi connectivity index (χ0v) is 16.9. The number of benzene rings is 1. The number of pyridine rings is 1. The van der Waals surface area contributed by atoms with E-state index in [4.69, 9.17) is 21.1 Å². The highest BCUT2D eigenvalue weighted by Gasteiger charge is 2.24. The Kier molecular flexibility index (Phi) is 5.02. The van der Waals surface area contributed by atoms with Crippen LogP contribution in [0.25, 0.3) is 22.2 Å². The van der Waals surface area contributed by atoms with Gasteiger partial charge >= 0.3 is 0 Å². The molecule has 0 aliphatic rings. The summed E-state index contributed by atoms with van der Waals surface area (Å²) in [6.45, 7) is 0. The first-order valence-corrected chi connectivity index (χ1v) is 10.0. The minimum atomic E-state index is -3.67. The van der Waals surface area contributed by atoms with Crippen molar-refractivity contribution in [3.63, 3.8) is 0 Å². The smallest absolute Gasteiger partial charge is 0.259 e. The van der Waals surface area contributed by atoms with Gasteiger partial charge in [-0.25, -0.2) is 17.8 Å². The Hall–Kier alpha value is -2.72. The lowest BCUT2D eigenvalue weighted by atomic mass is 10.0. The van der Waals surface area contributed by atoms with E-state index in [-0.39, 0.29) is 33.3 Å². The summed E-state index contributed by atoms with van der Waals surface area (Å²) in [4.78, 5) is 20.6. The molecule has 0 atom stereocenters. The summed E-state index contributed by atoms with van der Waals surface area (Å²) >= 11 is 6.26. The van der Waals surface area contributed by atoms with E-state index in [1.807, 2.05) is 0 Å². The fraction of sp³-hybridized carbons (Fsp3) is 0.235. The van der Waals surface area contributed by atoms with Gasteiger partial charge in [0.05, 0.1) is 24.8 Å². The van der Waals surface area contributed by atoms with Crippen LogP contribution in [0.5, 0.6) is 11.5 Å². The van der Waals surface area contributed by atoms with E-state index in [0.29, 0.717) is 5.39 Å². The number of sulfone groups is 1. The average Bonchev–Trinajstić information content (AvgIpc) is 2.65. The first-order valence-electron chi connectivity index (χ1n) is 7.77. The fourth-order valence-electron chi connectivity index (χ4n) is 2.71. The zero-order chi connectivity index (χ0) is 20.8. The minimum absolute atomic E-state index is 0.0783. The summed E-state index contributed by atoms with van der Waals surface area (Å²) < 4.78 is 49.6. The Morgan fingerprint density at radius 3 is 2.39 bits per heavy atom. The van der Waals surface area contributed by atoms with Crippen molar-refractivity contribution in [2.45, 2.75) is 5.16 Å². The topological polar surface area (TPSA) is 100 Å². The normalized spacial score (nSPS) is 11.6. The predicted octanol–water partition coefficient (Wildman–Crippen LogP) is 2.21. The van der Waals surface area contributed by atoms with E-state index in [1.54, 1.807) is 0 Å². The number of nitrogens with zero attached hydrogens (tertiary/aromatic N) is 3. The summed E-state index contributed by atoms with van der Waals surface area (Å²) in [6, 6.07) is 2.61. The molecule has 0 fully saturated rings. The van der Waals surface area contributed by atoms with Gasteiger partial charge in [0.25, 0.3) is 5.56 Å². The number of halogens is 2. The van der Waals surface area contributed by atoms with E-state index in [2.05, 4.69) is 9.97 Å². The van der Waals surface area contributed by atoms with Gasteiger partial charge in [-0.15, -0.1) is 0 Å². The molecule has 1 aromatic carbocycles. The summed E-state index contributed by atoms with van der Waals surface area (Å²) in [7, 11) is 0.337. The Morgan fingerprint density at radius 1 is 1.18 bits per heavy atom. The molecule has 3 aromatic rings. The van der Waals surface area contributed by atoms with Crippen molar-refractivity contribution in [1.29, 1.82) is 0 Å². The molecule has 28 heavy (non-hydrogen) atoms. The third-order valence-electron chi connectivity index (χ3n) is 4.10. The van der Waals surface area contributed by atoms with Crippen LogP contribution in [0, 0.1) is 5.82 Å². The quantitative estimate of drug-likeness (QED) is 0.588. The number of methoxy groups -OCH3 is 2. The van der Waals surface area contributed by atoms with Crippen molar-refractivity contribution in [2.75, 3.05) is 20.5 Å². The second-order valence-corrected chi connectivity index (χ2v) is 8.20. The number of hydrogen-bond acceptors (Lipinski definition) is 7. The molecular formula is C17H15ClFN3O5S. The van der Waals surface area contributed by atoms with Crippen LogP contribution >= 0.6 is 11.6 Å². The Bertz CT molecular complexity index is 1250. The molecule has 0 unspecified atom stereocenters. The third kappa shape index (κ3) is 3.18. The Labute approximate surface area is 164 Å². The van der Waals surface area contributed by atoms with Gasteiger partial charge in [0, 0.05) is 36.5 Å². The van der Waals surface area contributed by atoms with Gasteiger partial charge in [-0.05, 0) is 6.07 Å². The Balaban J connectivity index is 2.41. The van der Waals surface area contributed by atoms with E-state index in [0.717, 1.165) is 10.8 Å². The summed E-state index contributed by atoms with van der Waals surface area (Å²) in [6.07, 6.45) is 2.20. The molecule has 0 saturated heterocycles. The van der Waals surface area contributed by atoms with Crippen molar-refractivity contribution in [1.82, 2.24) is 14.5 Å². The SMILES string of the molecule is COc1cc(OC)c(Cl)c(-c2cc3cnc(S(C)(=O)=O)nc3n(C)c2=O)c1F. The molecule has 0 N–H and O–H groups in total. The van der Waals surface area contributed by atoms with Crippen molar-refractivity contribution < 1.29 is 22.3 Å². The number of fused-ring (bicyclic) bond motifs is 1. The zero-order valence-electron chi connectivity index (χ0n) is 15.3. The number of ether oxygens (including phenoxy) is 2. The van der Waals surface area contributed by atoms with Crippen LogP contribution < -0.4 is 15.0 Å². The lowest BCUT2D eigenvalue weighted by Gasteiger charge is -2.15. The van der Waals surface area contributed by atoms with Crippen molar-refractivity contribution in [2.24, 2.45) is 7.05 Å². The van der Waals surface area contributed by atoms with Crippen LogP contribution in [-0.2, 0) is 16.9 Å². The van der Waals surface area contributed by atoms with E-state index >= 15 is 0 Å². The average molecular weight is 428 g/mol. The van der Waals surface area contributed by atoms with Crippen LogP contribution in [0.4, 0.5) is 4.39 Å². The standard InChI is InChI=1S/C17H15ClFN3O5S/c1-22-15-8(7-20-17(21-15)28(4,24)25)5-9(16(22)23)12-13(18)10(26-2)6-11(27-3)14(12)19/h5-7H,1-4H3. The van der Waals surface area contributed by atoms with E-state index in [1.165, 1.54) is 39.6 Å². The second-order valence-electron chi connectivity index (χ2n) is 5.91. The van der Waals surface area contributed by atoms with Crippen molar-refractivity contribution >= 4 is 32.5 Å². The molecule has 0 radical (unpaired) electrons. The van der Waals surface area contributed by atoms with Gasteiger partial charge in [0.15, 0.2) is 11.6 Å². The lowest BCUT2D eigenvalue weighted by molar-refractivity contribution is 0.375. The molecule has 148 valence electrons. The fourth-order valence-corrected chi connectivity index (χ4v) is 3.52. The van der Waals surface area contributed by atoms with Gasteiger partial charge < -0.3 is 9.47 Å². The van der Waals surface area contributed by atoms with E-state index in [9.17, 15) is 17.6 Å². The third-order valence-corrected chi connectivity index (χ3v) is 5.34. The molecule has 0 amide bonds. The van der Waals surface area contributed by atoms with Gasteiger partial charge in [0.1, 0.15) is 11.4 Å². The number of rotatable bonds is 4. The molecule has 0 bridgehead atoms. The molecule has 0 aliphatic heterocycles. The van der Waals surface area contributed by atoms with Crippen LogP contribution in [-0.4, -0.2) is 43.4 Å². The second kappa shape index (κ2) is 7.02. The molecule has 11 heteroatoms. The maximum Gasteiger partial charge on any atom is 0.259 e. The molecule has 0 spiro atoms. The highest BCUT2D eigenvalue weighted by molar-refractivity contribution is 7.90. The van der Waals surface area contributed by atoms with Crippen LogP contribution in [0.15, 0.2) is 28.3 Å². The van der Waals surface area contributed by atoms with Gasteiger partial charge in [-0.1, -0.05) is 11.6 Å².